The molecule has 0 aromatic heterocycles. The molecule has 1 heteroatoms. The van der Waals surface area contributed by atoms with Crippen LogP contribution in [0.5, 0.6) is 0 Å². The van der Waals surface area contributed by atoms with Crippen molar-refractivity contribution in [3.8, 4) is 0 Å². The topological polar surface area (TPSA) is 0 Å². The summed E-state index contributed by atoms with van der Waals surface area (Å²) in [5.41, 5.74) is 2.97. The number of benzene rings is 2. The summed E-state index contributed by atoms with van der Waals surface area (Å²) in [5, 5.41) is 0. The zero-order valence-corrected chi connectivity index (χ0v) is 16.1. The molecule has 0 atom stereocenters. The monoisotopic (exact) mass is 387 g/mol. The van der Waals surface area contributed by atoms with Crippen LogP contribution in [0.25, 0.3) is 0 Å². The van der Waals surface area contributed by atoms with Gasteiger partial charge in [-0.05, 0) is 0 Å². The molecule has 0 bridgehead atoms. The molecule has 0 nitrogen and oxygen atoms in total. The molecular formula is C23H21Zr. The predicted octanol–water partition coefficient (Wildman–Crippen LogP) is 6.22. The molecule has 2 aliphatic rings. The van der Waals surface area contributed by atoms with Crippen molar-refractivity contribution < 1.29 is 21.8 Å². The molecule has 0 saturated carbocycles. The Morgan fingerprint density at radius 2 is 0.917 bits per heavy atom. The van der Waals surface area contributed by atoms with Crippen molar-refractivity contribution in [2.75, 3.05) is 0 Å². The van der Waals surface area contributed by atoms with Gasteiger partial charge in [-0.1, -0.05) is 0 Å². The molecule has 0 N–H and O–H groups in total. The van der Waals surface area contributed by atoms with Crippen molar-refractivity contribution in [1.82, 2.24) is 0 Å². The van der Waals surface area contributed by atoms with Crippen LogP contribution in [0.3, 0.4) is 0 Å². The number of rotatable bonds is 5. The van der Waals surface area contributed by atoms with Gasteiger partial charge >= 0.3 is 153 Å². The van der Waals surface area contributed by atoms with Gasteiger partial charge in [-0.3, -0.25) is 0 Å². The van der Waals surface area contributed by atoms with E-state index in [2.05, 4.69) is 109 Å². The summed E-state index contributed by atoms with van der Waals surface area (Å²) in [7, 11) is 0. The Morgan fingerprint density at radius 1 is 0.542 bits per heavy atom. The van der Waals surface area contributed by atoms with Gasteiger partial charge in [0.25, 0.3) is 0 Å². The predicted molar refractivity (Wildman–Crippen MR) is 98.8 cm³/mol. The van der Waals surface area contributed by atoms with Crippen LogP contribution in [-0.4, -0.2) is 0 Å². The summed E-state index contributed by atoms with van der Waals surface area (Å²) in [6.07, 6.45) is 18.7. The standard InChI is InChI=1S/C13H11.2C5H5.Zr/c1-3-7-12(8-4-1)11-13-9-5-2-6-10-13;2*1-2-4-5-3-1;/h1-11H;2*1-5H;. The fourth-order valence-electron chi connectivity index (χ4n) is 3.78. The van der Waals surface area contributed by atoms with E-state index in [1.165, 1.54) is 11.1 Å². The van der Waals surface area contributed by atoms with Crippen LogP contribution in [0.1, 0.15) is 14.8 Å². The molecular weight excluding hydrogens is 367 g/mol. The Balaban J connectivity index is 1.83. The molecule has 2 aromatic carbocycles. The van der Waals surface area contributed by atoms with Crippen molar-refractivity contribution >= 4 is 0 Å². The van der Waals surface area contributed by atoms with Crippen LogP contribution < -0.4 is 0 Å². The van der Waals surface area contributed by atoms with Crippen molar-refractivity contribution in [3.63, 3.8) is 0 Å². The van der Waals surface area contributed by atoms with Crippen molar-refractivity contribution in [2.45, 2.75) is 10.9 Å². The Labute approximate surface area is 152 Å². The molecule has 2 aromatic rings. The molecule has 0 fully saturated rings. The van der Waals surface area contributed by atoms with Crippen LogP contribution >= 0.6 is 0 Å². The van der Waals surface area contributed by atoms with E-state index < -0.39 is 21.8 Å². The molecule has 0 radical (unpaired) electrons. The Morgan fingerprint density at radius 3 is 1.29 bits per heavy atom. The molecule has 0 heterocycles. The van der Waals surface area contributed by atoms with Crippen molar-refractivity contribution in [2.24, 2.45) is 0 Å². The molecule has 0 aliphatic heterocycles. The van der Waals surface area contributed by atoms with Gasteiger partial charge < -0.3 is 0 Å². The third kappa shape index (κ3) is 3.24. The first-order valence-electron chi connectivity index (χ1n) is 8.60. The first kappa shape index (κ1) is 15.8. The summed E-state index contributed by atoms with van der Waals surface area (Å²) in [5.74, 6) is 0. The third-order valence-electron chi connectivity index (χ3n) is 4.86. The molecule has 0 spiro atoms. The van der Waals surface area contributed by atoms with Crippen molar-refractivity contribution in [1.29, 1.82) is 0 Å². The normalized spacial score (nSPS) is 16.5. The Hall–Kier alpha value is -1.72. The SMILES string of the molecule is C1=C[CH]([Zr]([CH]2C=CC=C2)[CH](c2ccccc2)c2ccccc2)C=C1. The molecule has 0 amide bonds. The minimum atomic E-state index is -1.98. The van der Waals surface area contributed by atoms with Gasteiger partial charge in [0.1, 0.15) is 0 Å². The fourth-order valence-corrected chi connectivity index (χ4v) is 12.9. The van der Waals surface area contributed by atoms with E-state index in [0.29, 0.717) is 10.9 Å². The molecule has 117 valence electrons. The van der Waals surface area contributed by atoms with E-state index in [4.69, 9.17) is 0 Å². The minimum absolute atomic E-state index is 0.574. The van der Waals surface area contributed by atoms with E-state index in [-0.39, 0.29) is 0 Å². The zero-order chi connectivity index (χ0) is 16.2. The summed E-state index contributed by atoms with van der Waals surface area (Å²) >= 11 is -1.98. The first-order chi connectivity index (χ1) is 11.9. The van der Waals surface area contributed by atoms with E-state index in [9.17, 15) is 0 Å². The maximum absolute atomic E-state index is 2.44. The van der Waals surface area contributed by atoms with Crippen LogP contribution in [0.4, 0.5) is 0 Å². The second-order valence-corrected chi connectivity index (χ2v) is 13.5. The summed E-state index contributed by atoms with van der Waals surface area (Å²) < 4.78 is 1.90. The van der Waals surface area contributed by atoms with Gasteiger partial charge in [0.15, 0.2) is 0 Å². The van der Waals surface area contributed by atoms with E-state index in [1.807, 2.05) is 0 Å². The van der Waals surface area contributed by atoms with Crippen LogP contribution in [0.2, 0.25) is 7.25 Å². The Kier molecular flexibility index (Phi) is 4.90. The summed E-state index contributed by atoms with van der Waals surface area (Å²) in [4.78, 5) is 0. The molecule has 0 unspecified atom stereocenters. The van der Waals surface area contributed by atoms with Crippen molar-refractivity contribution in [3.05, 3.63) is 120 Å². The Bertz CT molecular complexity index is 692. The maximum atomic E-state index is 2.44. The fraction of sp³-hybridized carbons (Fsp3) is 0.130. The van der Waals surface area contributed by atoms with Crippen LogP contribution in [0, 0.1) is 0 Å². The molecule has 24 heavy (non-hydrogen) atoms. The number of hydrogen-bond donors (Lipinski definition) is 0. The third-order valence-corrected chi connectivity index (χ3v) is 13.8. The average molecular weight is 389 g/mol. The average Bonchev–Trinajstić information content (AvgIpc) is 3.35. The number of allylic oxidation sites excluding steroid dienone is 8. The van der Waals surface area contributed by atoms with Gasteiger partial charge in [0.05, 0.1) is 0 Å². The zero-order valence-electron chi connectivity index (χ0n) is 13.6. The van der Waals surface area contributed by atoms with Gasteiger partial charge in [-0.2, -0.15) is 0 Å². The molecule has 2 aliphatic carbocycles. The summed E-state index contributed by atoms with van der Waals surface area (Å²) in [6.45, 7) is 0. The summed E-state index contributed by atoms with van der Waals surface area (Å²) in [6, 6.07) is 22.3. The van der Waals surface area contributed by atoms with Gasteiger partial charge in [0.2, 0.25) is 0 Å². The molecule has 0 saturated heterocycles. The van der Waals surface area contributed by atoms with Gasteiger partial charge in [-0.25, -0.2) is 0 Å². The van der Waals surface area contributed by atoms with Crippen LogP contribution in [0.15, 0.2) is 109 Å². The molecule has 4 rings (SSSR count). The van der Waals surface area contributed by atoms with E-state index >= 15 is 0 Å². The number of hydrogen-bond acceptors (Lipinski definition) is 0. The van der Waals surface area contributed by atoms with Crippen LogP contribution in [-0.2, 0) is 21.8 Å². The van der Waals surface area contributed by atoms with Gasteiger partial charge in [0, 0.05) is 0 Å². The van der Waals surface area contributed by atoms with Gasteiger partial charge in [-0.15, -0.1) is 0 Å². The first-order valence-corrected chi connectivity index (χ1v) is 12.9. The van der Waals surface area contributed by atoms with E-state index in [0.717, 1.165) is 0 Å². The second-order valence-electron chi connectivity index (χ2n) is 6.35. The second kappa shape index (κ2) is 7.45. The van der Waals surface area contributed by atoms with E-state index in [1.54, 1.807) is 0 Å². The quantitative estimate of drug-likeness (QED) is 0.570.